The number of rotatable bonds is 3. The maximum atomic E-state index is 13.4. The summed E-state index contributed by atoms with van der Waals surface area (Å²) in [4.78, 5) is 0. The number of benzene rings is 2. The van der Waals surface area contributed by atoms with Gasteiger partial charge in [-0.2, -0.15) is 0 Å². The van der Waals surface area contributed by atoms with E-state index in [1.165, 1.54) is 11.6 Å². The second-order valence-corrected chi connectivity index (χ2v) is 6.16. The predicted molar refractivity (Wildman–Crippen MR) is 83.3 cm³/mol. The van der Waals surface area contributed by atoms with E-state index in [0.29, 0.717) is 6.54 Å². The van der Waals surface area contributed by atoms with Gasteiger partial charge in [-0.05, 0) is 46.8 Å². The smallest absolute Gasteiger partial charge is 0.123 e. The lowest BCUT2D eigenvalue weighted by Crippen LogP contribution is -2.10. The largest absolute Gasteiger partial charge is 0.316 e. The third-order valence-corrected chi connectivity index (χ3v) is 3.50. The van der Waals surface area contributed by atoms with E-state index >= 15 is 0 Å². The molecule has 0 aromatic heterocycles. The molecule has 2 aromatic rings. The molecule has 0 saturated heterocycles. The molecule has 2 heteroatoms. The van der Waals surface area contributed by atoms with Crippen LogP contribution in [0, 0.1) is 5.82 Å². The molecule has 1 N–H and O–H groups in total. The number of hydrogen-bond donors (Lipinski definition) is 1. The van der Waals surface area contributed by atoms with Crippen LogP contribution in [0.4, 0.5) is 4.39 Å². The first-order valence-corrected chi connectivity index (χ1v) is 6.96. The highest BCUT2D eigenvalue weighted by atomic mass is 19.1. The quantitative estimate of drug-likeness (QED) is 0.866. The molecule has 0 spiro atoms. The molecule has 2 aromatic carbocycles. The fraction of sp³-hybridized carbons (Fsp3) is 0.333. The topological polar surface area (TPSA) is 12.0 Å². The lowest BCUT2D eigenvalue weighted by Gasteiger charge is -2.19. The molecule has 0 unspecified atom stereocenters. The first-order valence-electron chi connectivity index (χ1n) is 6.96. The van der Waals surface area contributed by atoms with Crippen molar-refractivity contribution < 1.29 is 4.39 Å². The van der Waals surface area contributed by atoms with Crippen molar-refractivity contribution in [2.45, 2.75) is 32.7 Å². The number of hydrogen-bond acceptors (Lipinski definition) is 1. The summed E-state index contributed by atoms with van der Waals surface area (Å²) in [5.41, 5.74) is 4.65. The van der Waals surface area contributed by atoms with Gasteiger partial charge in [-0.15, -0.1) is 0 Å². The molecule has 0 atom stereocenters. The van der Waals surface area contributed by atoms with Gasteiger partial charge in [-0.3, -0.25) is 0 Å². The average molecular weight is 271 g/mol. The van der Waals surface area contributed by atoms with Gasteiger partial charge in [0, 0.05) is 6.54 Å². The normalized spacial score (nSPS) is 11.7. The van der Waals surface area contributed by atoms with Crippen molar-refractivity contribution in [1.82, 2.24) is 5.32 Å². The molecule has 0 radical (unpaired) electrons. The summed E-state index contributed by atoms with van der Waals surface area (Å²) in [7, 11) is 1.87. The van der Waals surface area contributed by atoms with E-state index in [0.717, 1.165) is 16.7 Å². The van der Waals surface area contributed by atoms with E-state index in [2.05, 4.69) is 50.4 Å². The minimum atomic E-state index is -0.190. The van der Waals surface area contributed by atoms with Crippen LogP contribution in [0.15, 0.2) is 42.5 Å². The molecule has 2 rings (SSSR count). The van der Waals surface area contributed by atoms with E-state index in [9.17, 15) is 4.39 Å². The molecule has 1 nitrogen and oxygen atoms in total. The third kappa shape index (κ3) is 3.26. The summed E-state index contributed by atoms with van der Waals surface area (Å²) in [5, 5.41) is 3.09. The monoisotopic (exact) mass is 271 g/mol. The first-order chi connectivity index (χ1) is 9.41. The van der Waals surface area contributed by atoms with Crippen molar-refractivity contribution in [2.75, 3.05) is 7.05 Å². The van der Waals surface area contributed by atoms with Crippen LogP contribution in [0.5, 0.6) is 0 Å². The highest BCUT2D eigenvalue weighted by Crippen LogP contribution is 2.28. The Kier molecular flexibility index (Phi) is 4.24. The molecule has 0 aliphatic heterocycles. The van der Waals surface area contributed by atoms with Gasteiger partial charge in [0.15, 0.2) is 0 Å². The standard InChI is InChI=1S/C18H22FN/c1-18(2,3)15-7-5-13(6-8-15)17-10-9-16(19)11-14(17)12-20-4/h5-11,20H,12H2,1-4H3. The highest BCUT2D eigenvalue weighted by Gasteiger charge is 2.13. The van der Waals surface area contributed by atoms with Crippen molar-refractivity contribution in [2.24, 2.45) is 0 Å². The Labute approximate surface area is 120 Å². The number of nitrogens with one attached hydrogen (secondary N) is 1. The van der Waals surface area contributed by atoms with E-state index < -0.39 is 0 Å². The van der Waals surface area contributed by atoms with Crippen LogP contribution in [0.3, 0.4) is 0 Å². The molecule has 0 saturated carbocycles. The Morgan fingerprint density at radius 3 is 2.20 bits per heavy atom. The molecule has 0 heterocycles. The van der Waals surface area contributed by atoms with Gasteiger partial charge in [0.25, 0.3) is 0 Å². The molecule has 0 fully saturated rings. The Bertz CT molecular complexity index is 579. The minimum Gasteiger partial charge on any atom is -0.316 e. The maximum Gasteiger partial charge on any atom is 0.123 e. The lowest BCUT2D eigenvalue weighted by atomic mass is 9.86. The number of halogens is 1. The van der Waals surface area contributed by atoms with Crippen LogP contribution in [-0.4, -0.2) is 7.05 Å². The Hall–Kier alpha value is -1.67. The summed E-state index contributed by atoms with van der Waals surface area (Å²) >= 11 is 0. The second-order valence-electron chi connectivity index (χ2n) is 6.16. The van der Waals surface area contributed by atoms with Gasteiger partial charge >= 0.3 is 0 Å². The minimum absolute atomic E-state index is 0.148. The third-order valence-electron chi connectivity index (χ3n) is 3.50. The van der Waals surface area contributed by atoms with E-state index in [1.54, 1.807) is 6.07 Å². The summed E-state index contributed by atoms with van der Waals surface area (Å²) < 4.78 is 13.4. The molecule has 0 bridgehead atoms. The zero-order chi connectivity index (χ0) is 14.8. The van der Waals surface area contributed by atoms with Crippen LogP contribution >= 0.6 is 0 Å². The summed E-state index contributed by atoms with van der Waals surface area (Å²) in [6.07, 6.45) is 0. The maximum absolute atomic E-state index is 13.4. The van der Waals surface area contributed by atoms with E-state index in [4.69, 9.17) is 0 Å². The van der Waals surface area contributed by atoms with Crippen LogP contribution in [0.2, 0.25) is 0 Å². The first kappa shape index (κ1) is 14.7. The van der Waals surface area contributed by atoms with Crippen molar-refractivity contribution >= 4 is 0 Å². The summed E-state index contributed by atoms with van der Waals surface area (Å²) in [6.45, 7) is 7.26. The molecular formula is C18H22FN. The predicted octanol–water partition coefficient (Wildman–Crippen LogP) is 4.51. The highest BCUT2D eigenvalue weighted by molar-refractivity contribution is 5.67. The van der Waals surface area contributed by atoms with Gasteiger partial charge in [0.05, 0.1) is 0 Å². The molecule has 106 valence electrons. The van der Waals surface area contributed by atoms with Crippen LogP contribution in [-0.2, 0) is 12.0 Å². The van der Waals surface area contributed by atoms with E-state index in [1.807, 2.05) is 13.1 Å². The van der Waals surface area contributed by atoms with Gasteiger partial charge in [-0.1, -0.05) is 51.1 Å². The zero-order valence-electron chi connectivity index (χ0n) is 12.6. The summed E-state index contributed by atoms with van der Waals surface area (Å²) in [6, 6.07) is 13.5. The van der Waals surface area contributed by atoms with E-state index in [-0.39, 0.29) is 11.2 Å². The molecule has 0 aliphatic rings. The fourth-order valence-corrected chi connectivity index (χ4v) is 2.33. The van der Waals surface area contributed by atoms with Crippen LogP contribution in [0.1, 0.15) is 31.9 Å². The fourth-order valence-electron chi connectivity index (χ4n) is 2.33. The second kappa shape index (κ2) is 5.76. The molecule has 20 heavy (non-hydrogen) atoms. The Morgan fingerprint density at radius 1 is 1.00 bits per heavy atom. The van der Waals surface area contributed by atoms with Gasteiger partial charge < -0.3 is 5.32 Å². The Balaban J connectivity index is 2.41. The van der Waals surface area contributed by atoms with Crippen molar-refractivity contribution in [3.05, 3.63) is 59.4 Å². The van der Waals surface area contributed by atoms with Crippen LogP contribution < -0.4 is 5.32 Å². The van der Waals surface area contributed by atoms with Crippen LogP contribution in [0.25, 0.3) is 11.1 Å². The van der Waals surface area contributed by atoms with Gasteiger partial charge in [-0.25, -0.2) is 4.39 Å². The van der Waals surface area contributed by atoms with Gasteiger partial charge in [0.2, 0.25) is 0 Å². The summed E-state index contributed by atoms with van der Waals surface area (Å²) in [5.74, 6) is -0.190. The van der Waals surface area contributed by atoms with Gasteiger partial charge in [0.1, 0.15) is 5.82 Å². The zero-order valence-corrected chi connectivity index (χ0v) is 12.6. The van der Waals surface area contributed by atoms with Crippen molar-refractivity contribution in [3.63, 3.8) is 0 Å². The van der Waals surface area contributed by atoms with Crippen molar-refractivity contribution in [1.29, 1.82) is 0 Å². The van der Waals surface area contributed by atoms with Crippen molar-refractivity contribution in [3.8, 4) is 11.1 Å². The molecule has 0 aliphatic carbocycles. The lowest BCUT2D eigenvalue weighted by molar-refractivity contribution is 0.590. The Morgan fingerprint density at radius 2 is 1.65 bits per heavy atom. The SMILES string of the molecule is CNCc1cc(F)ccc1-c1ccc(C(C)(C)C)cc1. The average Bonchev–Trinajstić information content (AvgIpc) is 2.38. The molecular weight excluding hydrogens is 249 g/mol. The molecule has 0 amide bonds.